The molecule has 0 aromatic heterocycles. The van der Waals surface area contributed by atoms with Gasteiger partial charge in [-0.15, -0.1) is 0 Å². The summed E-state index contributed by atoms with van der Waals surface area (Å²) in [4.78, 5) is 45.1. The molecule has 106 valence electrons. The highest BCUT2D eigenvalue weighted by molar-refractivity contribution is 6.01. The number of ketones is 1. The zero-order valence-electron chi connectivity index (χ0n) is 11.1. The average Bonchev–Trinajstić information content (AvgIpc) is 2.39. The molecular weight excluding hydrogens is 252 g/mol. The van der Waals surface area contributed by atoms with E-state index in [0.717, 1.165) is 0 Å². The lowest BCUT2D eigenvalue weighted by molar-refractivity contribution is -0.139. The molecule has 0 aliphatic carbocycles. The maximum absolute atomic E-state index is 12.0. The predicted molar refractivity (Wildman–Crippen MR) is 67.4 cm³/mol. The fourth-order valence-corrected chi connectivity index (χ4v) is 1.18. The van der Waals surface area contributed by atoms with Crippen molar-refractivity contribution < 1.29 is 19.2 Å². The highest BCUT2D eigenvalue weighted by atomic mass is 16.2. The van der Waals surface area contributed by atoms with Crippen molar-refractivity contribution in [2.24, 2.45) is 5.73 Å². The third-order valence-corrected chi connectivity index (χ3v) is 2.11. The van der Waals surface area contributed by atoms with Crippen molar-refractivity contribution in [2.75, 3.05) is 13.6 Å². The van der Waals surface area contributed by atoms with Crippen LogP contribution in [0.4, 0.5) is 0 Å². The molecule has 0 rings (SSSR count). The zero-order chi connectivity index (χ0) is 15.0. The SMILES string of the molecule is CN/C(N)=C(/N[C@@H](C)C=O)C(=O)N(C=O)CC(C)=O. The molecule has 0 saturated heterocycles. The first-order chi connectivity index (χ1) is 8.87. The van der Waals surface area contributed by atoms with Crippen LogP contribution in [0.1, 0.15) is 13.8 Å². The van der Waals surface area contributed by atoms with Gasteiger partial charge in [-0.3, -0.25) is 19.3 Å². The predicted octanol–water partition coefficient (Wildman–Crippen LogP) is -1.92. The molecule has 1 atom stereocenters. The molecule has 4 N–H and O–H groups in total. The second kappa shape index (κ2) is 7.85. The Balaban J connectivity index is 5.25. The summed E-state index contributed by atoms with van der Waals surface area (Å²) in [5.74, 6) is -1.17. The van der Waals surface area contributed by atoms with Gasteiger partial charge in [0, 0.05) is 7.05 Å². The summed E-state index contributed by atoms with van der Waals surface area (Å²) in [7, 11) is 1.48. The van der Waals surface area contributed by atoms with Gasteiger partial charge >= 0.3 is 0 Å². The Morgan fingerprint density at radius 3 is 2.32 bits per heavy atom. The number of nitrogens with zero attached hydrogens (tertiary/aromatic N) is 1. The summed E-state index contributed by atoms with van der Waals surface area (Å²) in [5.41, 5.74) is 5.44. The molecule has 0 aromatic carbocycles. The van der Waals surface area contributed by atoms with Crippen molar-refractivity contribution >= 4 is 24.4 Å². The van der Waals surface area contributed by atoms with Crippen LogP contribution >= 0.6 is 0 Å². The fraction of sp³-hybridized carbons (Fsp3) is 0.455. The largest absolute Gasteiger partial charge is 0.384 e. The number of hydrogen-bond acceptors (Lipinski definition) is 7. The number of hydrogen-bond donors (Lipinski definition) is 3. The number of nitrogens with two attached hydrogens (primary N) is 1. The summed E-state index contributed by atoms with van der Waals surface area (Å²) < 4.78 is 0. The first kappa shape index (κ1) is 16.6. The molecular formula is C11H18N4O4. The lowest BCUT2D eigenvalue weighted by Gasteiger charge is -2.20. The van der Waals surface area contributed by atoms with Gasteiger partial charge in [-0.25, -0.2) is 0 Å². The molecule has 2 amide bonds. The number of amides is 2. The number of carbonyl (C=O) groups excluding carboxylic acids is 4. The van der Waals surface area contributed by atoms with Crippen LogP contribution in [-0.4, -0.2) is 48.9 Å². The Kier molecular flexibility index (Phi) is 6.87. The minimum Gasteiger partial charge on any atom is -0.384 e. The maximum Gasteiger partial charge on any atom is 0.280 e. The van der Waals surface area contributed by atoms with Gasteiger partial charge in [-0.05, 0) is 13.8 Å². The van der Waals surface area contributed by atoms with Crippen molar-refractivity contribution in [3.05, 3.63) is 11.5 Å². The van der Waals surface area contributed by atoms with Crippen molar-refractivity contribution in [1.29, 1.82) is 0 Å². The third-order valence-electron chi connectivity index (χ3n) is 2.11. The molecule has 0 bridgehead atoms. The number of aldehydes is 1. The molecule has 0 aliphatic heterocycles. The van der Waals surface area contributed by atoms with Gasteiger partial charge < -0.3 is 21.2 Å². The average molecular weight is 270 g/mol. The summed E-state index contributed by atoms with van der Waals surface area (Å²) >= 11 is 0. The lowest BCUT2D eigenvalue weighted by atomic mass is 10.3. The molecule has 0 aromatic rings. The van der Waals surface area contributed by atoms with Crippen molar-refractivity contribution in [2.45, 2.75) is 19.9 Å². The van der Waals surface area contributed by atoms with Crippen LogP contribution in [0.3, 0.4) is 0 Å². The fourth-order valence-electron chi connectivity index (χ4n) is 1.18. The summed E-state index contributed by atoms with van der Waals surface area (Å²) in [6, 6.07) is -0.670. The highest BCUT2D eigenvalue weighted by Gasteiger charge is 2.22. The first-order valence-electron chi connectivity index (χ1n) is 5.52. The van der Waals surface area contributed by atoms with Crippen LogP contribution in [0.25, 0.3) is 0 Å². The molecule has 0 unspecified atom stereocenters. The highest BCUT2D eigenvalue weighted by Crippen LogP contribution is 2.01. The topological polar surface area (TPSA) is 122 Å². The second-order valence-electron chi connectivity index (χ2n) is 3.85. The molecule has 8 heteroatoms. The Morgan fingerprint density at radius 1 is 1.37 bits per heavy atom. The Labute approximate surface area is 111 Å². The van der Waals surface area contributed by atoms with E-state index in [-0.39, 0.29) is 30.3 Å². The number of nitrogens with one attached hydrogen (secondary N) is 2. The van der Waals surface area contributed by atoms with Crippen molar-refractivity contribution in [3.8, 4) is 0 Å². The van der Waals surface area contributed by atoms with Gasteiger partial charge in [0.25, 0.3) is 5.91 Å². The van der Waals surface area contributed by atoms with E-state index in [2.05, 4.69) is 10.6 Å². The van der Waals surface area contributed by atoms with Crippen LogP contribution in [0.5, 0.6) is 0 Å². The first-order valence-corrected chi connectivity index (χ1v) is 5.52. The molecule has 0 aliphatic rings. The van der Waals surface area contributed by atoms with Crippen LogP contribution in [0, 0.1) is 0 Å². The van der Waals surface area contributed by atoms with Crippen LogP contribution < -0.4 is 16.4 Å². The van der Waals surface area contributed by atoms with Crippen LogP contribution in [0.15, 0.2) is 11.5 Å². The Hall–Kier alpha value is -2.38. The van der Waals surface area contributed by atoms with E-state index in [0.29, 0.717) is 11.2 Å². The molecule has 0 heterocycles. The number of rotatable bonds is 8. The van der Waals surface area contributed by atoms with Crippen molar-refractivity contribution in [1.82, 2.24) is 15.5 Å². The number of imide groups is 1. The second-order valence-corrected chi connectivity index (χ2v) is 3.85. The minimum atomic E-state index is -0.786. The van der Waals surface area contributed by atoms with E-state index >= 15 is 0 Å². The summed E-state index contributed by atoms with van der Waals surface area (Å²) in [6.45, 7) is 2.40. The zero-order valence-corrected chi connectivity index (χ0v) is 11.1. The number of carbonyl (C=O) groups is 4. The van der Waals surface area contributed by atoms with E-state index in [1.807, 2.05) is 0 Å². The van der Waals surface area contributed by atoms with Crippen LogP contribution in [-0.2, 0) is 19.2 Å². The third kappa shape index (κ3) is 5.19. The van der Waals surface area contributed by atoms with E-state index in [9.17, 15) is 19.2 Å². The summed E-state index contributed by atoms with van der Waals surface area (Å²) in [5, 5.41) is 5.11. The molecule has 0 fully saturated rings. The van der Waals surface area contributed by atoms with E-state index in [4.69, 9.17) is 5.73 Å². The van der Waals surface area contributed by atoms with Gasteiger partial charge in [0.1, 0.15) is 23.6 Å². The van der Waals surface area contributed by atoms with Crippen molar-refractivity contribution in [3.63, 3.8) is 0 Å². The molecule has 0 spiro atoms. The van der Waals surface area contributed by atoms with E-state index < -0.39 is 11.9 Å². The van der Waals surface area contributed by atoms with Gasteiger partial charge in [-0.2, -0.15) is 0 Å². The standard InChI is InChI=1S/C11H18N4O4/c1-7(5-16)14-9(10(12)13-3)11(19)15(6-17)4-8(2)18/h5-7,13-14H,4,12H2,1-3H3/b10-9+/t7-/m0/s1. The van der Waals surface area contributed by atoms with E-state index in [1.165, 1.54) is 20.9 Å². The quantitative estimate of drug-likeness (QED) is 0.347. The monoisotopic (exact) mass is 270 g/mol. The maximum atomic E-state index is 12.0. The smallest absolute Gasteiger partial charge is 0.280 e. The Morgan fingerprint density at radius 2 is 1.95 bits per heavy atom. The number of Topliss-reactive ketones (excluding diaryl/α,β-unsaturated/α-hetero) is 1. The van der Waals surface area contributed by atoms with Gasteiger partial charge in [-0.1, -0.05) is 0 Å². The van der Waals surface area contributed by atoms with Crippen LogP contribution in [0.2, 0.25) is 0 Å². The molecule has 0 saturated carbocycles. The normalized spacial score (nSPS) is 12.8. The Bertz CT molecular complexity index is 405. The minimum absolute atomic E-state index is 0.0332. The molecule has 8 nitrogen and oxygen atoms in total. The molecule has 0 radical (unpaired) electrons. The van der Waals surface area contributed by atoms with E-state index in [1.54, 1.807) is 0 Å². The van der Waals surface area contributed by atoms with Gasteiger partial charge in [0.2, 0.25) is 6.41 Å². The lowest BCUT2D eigenvalue weighted by Crippen LogP contribution is -2.43. The summed E-state index contributed by atoms with van der Waals surface area (Å²) in [6.07, 6.45) is 0.812. The molecule has 19 heavy (non-hydrogen) atoms. The van der Waals surface area contributed by atoms with Gasteiger partial charge in [0.05, 0.1) is 12.6 Å². The van der Waals surface area contributed by atoms with Gasteiger partial charge in [0.15, 0.2) is 0 Å².